The lowest BCUT2D eigenvalue weighted by Gasteiger charge is -2.15. The summed E-state index contributed by atoms with van der Waals surface area (Å²) >= 11 is 0. The fourth-order valence-electron chi connectivity index (χ4n) is 3.32. The molecule has 11 nitrogen and oxygen atoms in total. The number of hydrogen-bond acceptors (Lipinski definition) is 9. The number of aliphatic hydroxyl groups excluding tert-OH is 1. The molecule has 0 bridgehead atoms. The second kappa shape index (κ2) is 9.09. The number of ether oxygens (including phenoxy) is 1. The Bertz CT molecular complexity index is 1270. The lowest BCUT2D eigenvalue weighted by Crippen LogP contribution is -2.21. The second-order valence-electron chi connectivity index (χ2n) is 7.63. The number of fused-ring (bicyclic) bond motifs is 1. The Labute approximate surface area is 184 Å². The zero-order valence-corrected chi connectivity index (χ0v) is 18.0. The first kappa shape index (κ1) is 21.4. The summed E-state index contributed by atoms with van der Waals surface area (Å²) in [6.45, 7) is 4.56. The van der Waals surface area contributed by atoms with Crippen molar-refractivity contribution in [1.82, 2.24) is 34.7 Å². The normalized spacial score (nSPS) is 12.2. The van der Waals surface area contributed by atoms with Gasteiger partial charge in [0.05, 0.1) is 37.2 Å². The number of anilines is 1. The minimum Gasteiger partial charge on any atom is -0.389 e. The monoisotopic (exact) mass is 433 g/mol. The molecule has 0 saturated heterocycles. The quantitative estimate of drug-likeness (QED) is 0.425. The van der Waals surface area contributed by atoms with Crippen LogP contribution < -0.4 is 5.32 Å². The minimum atomic E-state index is -0.676. The first-order valence-corrected chi connectivity index (χ1v) is 10.1. The van der Waals surface area contributed by atoms with Crippen LogP contribution in [0.1, 0.15) is 19.4 Å². The number of aliphatic hydroxyl groups is 1. The SMILES string of the molecule is COCC(O)Cn1cc(-c2cnc(-n3ncc4cc(C#N)cnc43)cc2NC(C)C)nn1. The highest BCUT2D eigenvalue weighted by Crippen LogP contribution is 2.28. The third kappa shape index (κ3) is 4.41. The zero-order valence-electron chi connectivity index (χ0n) is 18.0. The summed E-state index contributed by atoms with van der Waals surface area (Å²) in [5.41, 5.74) is 3.29. The molecule has 32 heavy (non-hydrogen) atoms. The van der Waals surface area contributed by atoms with Crippen molar-refractivity contribution < 1.29 is 9.84 Å². The highest BCUT2D eigenvalue weighted by Gasteiger charge is 2.16. The number of hydrogen-bond donors (Lipinski definition) is 2. The molecule has 4 heterocycles. The number of methoxy groups -OCH3 is 1. The molecule has 0 aliphatic heterocycles. The number of rotatable bonds is 8. The molecule has 0 fully saturated rings. The van der Waals surface area contributed by atoms with E-state index in [0.717, 1.165) is 16.6 Å². The number of nitrogens with one attached hydrogen (secondary N) is 1. The Morgan fingerprint density at radius 3 is 2.81 bits per heavy atom. The van der Waals surface area contributed by atoms with Crippen LogP contribution in [0.25, 0.3) is 28.1 Å². The molecule has 0 amide bonds. The van der Waals surface area contributed by atoms with Gasteiger partial charge in [0.25, 0.3) is 0 Å². The largest absolute Gasteiger partial charge is 0.389 e. The van der Waals surface area contributed by atoms with Crippen LogP contribution in [-0.2, 0) is 11.3 Å². The Morgan fingerprint density at radius 2 is 2.06 bits per heavy atom. The smallest absolute Gasteiger partial charge is 0.164 e. The van der Waals surface area contributed by atoms with E-state index in [9.17, 15) is 5.11 Å². The maximum absolute atomic E-state index is 9.95. The molecule has 4 rings (SSSR count). The van der Waals surface area contributed by atoms with E-state index in [2.05, 4.69) is 36.8 Å². The van der Waals surface area contributed by atoms with E-state index < -0.39 is 6.10 Å². The van der Waals surface area contributed by atoms with E-state index in [0.29, 0.717) is 22.7 Å². The van der Waals surface area contributed by atoms with Crippen molar-refractivity contribution in [3.05, 3.63) is 42.5 Å². The molecule has 0 radical (unpaired) electrons. The maximum Gasteiger partial charge on any atom is 0.164 e. The topological polar surface area (TPSA) is 140 Å². The van der Waals surface area contributed by atoms with Gasteiger partial charge in [0.1, 0.15) is 11.8 Å². The summed E-state index contributed by atoms with van der Waals surface area (Å²) in [7, 11) is 1.54. The summed E-state index contributed by atoms with van der Waals surface area (Å²) < 4.78 is 8.16. The van der Waals surface area contributed by atoms with Crippen LogP contribution in [0.4, 0.5) is 5.69 Å². The van der Waals surface area contributed by atoms with Gasteiger partial charge in [-0.05, 0) is 19.9 Å². The molecule has 164 valence electrons. The van der Waals surface area contributed by atoms with E-state index in [1.807, 2.05) is 19.9 Å². The Morgan fingerprint density at radius 1 is 1.22 bits per heavy atom. The third-order valence-electron chi connectivity index (χ3n) is 4.66. The van der Waals surface area contributed by atoms with Gasteiger partial charge in [0.2, 0.25) is 0 Å². The molecular formula is C21H23N9O2. The Hall–Kier alpha value is -3.88. The van der Waals surface area contributed by atoms with Crippen LogP contribution in [0, 0.1) is 11.3 Å². The average molecular weight is 433 g/mol. The standard InChI is InChI=1S/C21H23N9O2/c1-13(2)26-18-5-20(30-21-15(8-25-30)4-14(6-22)7-24-21)23-9-17(18)19-11-29(28-27-19)10-16(31)12-32-3/h4-5,7-9,11,13,16,31H,10,12H2,1-3H3,(H,23,26). The van der Waals surface area contributed by atoms with Gasteiger partial charge in [-0.15, -0.1) is 5.10 Å². The van der Waals surface area contributed by atoms with Gasteiger partial charge in [0, 0.05) is 48.2 Å². The molecule has 1 unspecified atom stereocenters. The van der Waals surface area contributed by atoms with E-state index in [1.165, 1.54) is 13.3 Å². The highest BCUT2D eigenvalue weighted by atomic mass is 16.5. The summed E-state index contributed by atoms with van der Waals surface area (Å²) in [5.74, 6) is 0.576. The van der Waals surface area contributed by atoms with Gasteiger partial charge < -0.3 is 15.2 Å². The van der Waals surface area contributed by atoms with E-state index >= 15 is 0 Å². The molecule has 0 aliphatic rings. The van der Waals surface area contributed by atoms with Crippen LogP contribution in [-0.4, -0.2) is 65.7 Å². The molecule has 4 aromatic heterocycles. The van der Waals surface area contributed by atoms with Crippen molar-refractivity contribution in [2.24, 2.45) is 0 Å². The van der Waals surface area contributed by atoms with Crippen molar-refractivity contribution in [2.75, 3.05) is 19.0 Å². The summed E-state index contributed by atoms with van der Waals surface area (Å²) in [6, 6.07) is 5.86. The van der Waals surface area contributed by atoms with Crippen molar-refractivity contribution in [1.29, 1.82) is 5.26 Å². The van der Waals surface area contributed by atoms with Crippen LogP contribution in [0.15, 0.2) is 36.9 Å². The van der Waals surface area contributed by atoms with Crippen molar-refractivity contribution >= 4 is 16.7 Å². The third-order valence-corrected chi connectivity index (χ3v) is 4.66. The molecular weight excluding hydrogens is 410 g/mol. The molecule has 11 heteroatoms. The van der Waals surface area contributed by atoms with Crippen LogP contribution in [0.5, 0.6) is 0 Å². The number of nitrogens with zero attached hydrogens (tertiary/aromatic N) is 8. The van der Waals surface area contributed by atoms with Gasteiger partial charge in [-0.1, -0.05) is 5.21 Å². The molecule has 0 spiro atoms. The van der Waals surface area contributed by atoms with Gasteiger partial charge in [0.15, 0.2) is 11.5 Å². The number of pyridine rings is 2. The molecule has 4 aromatic rings. The lowest BCUT2D eigenvalue weighted by atomic mass is 10.1. The fraction of sp³-hybridized carbons (Fsp3) is 0.333. The average Bonchev–Trinajstić information content (AvgIpc) is 3.40. The Balaban J connectivity index is 1.70. The first-order chi connectivity index (χ1) is 15.5. The molecule has 0 saturated carbocycles. The second-order valence-corrected chi connectivity index (χ2v) is 7.63. The molecule has 1 atom stereocenters. The Kier molecular flexibility index (Phi) is 6.07. The predicted octanol–water partition coefficient (Wildman–Crippen LogP) is 1.77. The maximum atomic E-state index is 9.95. The van der Waals surface area contributed by atoms with Crippen LogP contribution >= 0.6 is 0 Å². The lowest BCUT2D eigenvalue weighted by molar-refractivity contribution is 0.0510. The van der Waals surface area contributed by atoms with Crippen molar-refractivity contribution in [2.45, 2.75) is 32.5 Å². The molecule has 0 aliphatic carbocycles. The highest BCUT2D eigenvalue weighted by molar-refractivity contribution is 5.79. The fourth-order valence-corrected chi connectivity index (χ4v) is 3.32. The number of aromatic nitrogens is 7. The summed E-state index contributed by atoms with van der Waals surface area (Å²) in [5, 5.41) is 36.0. The summed E-state index contributed by atoms with van der Waals surface area (Å²) in [6.07, 6.45) is 5.96. The van der Waals surface area contributed by atoms with Gasteiger partial charge in [-0.2, -0.15) is 15.0 Å². The minimum absolute atomic E-state index is 0.160. The van der Waals surface area contributed by atoms with Gasteiger partial charge in [-0.25, -0.2) is 14.6 Å². The zero-order chi connectivity index (χ0) is 22.7. The van der Waals surface area contributed by atoms with Crippen LogP contribution in [0.2, 0.25) is 0 Å². The molecule has 0 aromatic carbocycles. The number of nitriles is 1. The predicted molar refractivity (Wildman–Crippen MR) is 117 cm³/mol. The molecule has 2 N–H and O–H groups in total. The summed E-state index contributed by atoms with van der Waals surface area (Å²) in [4.78, 5) is 8.93. The first-order valence-electron chi connectivity index (χ1n) is 10.1. The van der Waals surface area contributed by atoms with E-state index in [1.54, 1.807) is 34.0 Å². The van der Waals surface area contributed by atoms with E-state index in [4.69, 9.17) is 10.00 Å². The van der Waals surface area contributed by atoms with Crippen molar-refractivity contribution in [3.8, 4) is 23.1 Å². The van der Waals surface area contributed by atoms with Crippen molar-refractivity contribution in [3.63, 3.8) is 0 Å². The van der Waals surface area contributed by atoms with E-state index in [-0.39, 0.29) is 19.2 Å². The van der Waals surface area contributed by atoms with Gasteiger partial charge in [-0.3, -0.25) is 0 Å². The van der Waals surface area contributed by atoms with Gasteiger partial charge >= 0.3 is 0 Å². The van der Waals surface area contributed by atoms with Crippen LogP contribution in [0.3, 0.4) is 0 Å².